The van der Waals surface area contributed by atoms with Crippen molar-refractivity contribution in [2.24, 2.45) is 5.92 Å². The third kappa shape index (κ3) is 67.3. The number of unbranched alkanes of at least 4 members (excludes halogenated alkanes) is 46. The maximum atomic E-state index is 13.1. The predicted molar refractivity (Wildman–Crippen MR) is 382 cm³/mol. The molecule has 3 unspecified atom stereocenters. The van der Waals surface area contributed by atoms with E-state index in [0.29, 0.717) is 25.7 Å². The molecule has 0 saturated carbocycles. The molecule has 0 aliphatic rings. The summed E-state index contributed by atoms with van der Waals surface area (Å²) in [6.45, 7) is 7.21. The van der Waals surface area contributed by atoms with E-state index in [0.717, 1.165) is 102 Å². The Morgan fingerprint density at radius 1 is 0.298 bits per heavy atom. The monoisotopic (exact) mass is 1380 g/mol. The lowest BCUT2D eigenvalue weighted by atomic mass is 10.00. The fourth-order valence-corrected chi connectivity index (χ4v) is 13.1. The van der Waals surface area contributed by atoms with Crippen molar-refractivity contribution < 1.29 is 80.2 Å². The lowest BCUT2D eigenvalue weighted by Gasteiger charge is -2.21. The first-order valence-electron chi connectivity index (χ1n) is 39.2. The number of phosphoric ester groups is 2. The van der Waals surface area contributed by atoms with Crippen LogP contribution in [-0.4, -0.2) is 96.7 Å². The molecule has 94 heavy (non-hydrogen) atoms. The maximum absolute atomic E-state index is 13.1. The second kappa shape index (κ2) is 68.2. The van der Waals surface area contributed by atoms with Crippen molar-refractivity contribution >= 4 is 39.5 Å². The average molecular weight is 1380 g/mol. The molecule has 0 heterocycles. The van der Waals surface area contributed by atoms with Gasteiger partial charge in [-0.15, -0.1) is 0 Å². The van der Waals surface area contributed by atoms with Gasteiger partial charge in [-0.2, -0.15) is 0 Å². The first kappa shape index (κ1) is 92.1. The molecule has 6 atom stereocenters. The van der Waals surface area contributed by atoms with E-state index in [4.69, 9.17) is 37.0 Å². The third-order valence-electron chi connectivity index (χ3n) is 17.9. The van der Waals surface area contributed by atoms with Crippen LogP contribution in [0, 0.1) is 5.92 Å². The first-order valence-corrected chi connectivity index (χ1v) is 42.2. The van der Waals surface area contributed by atoms with Crippen molar-refractivity contribution in [3.63, 3.8) is 0 Å². The van der Waals surface area contributed by atoms with Crippen molar-refractivity contribution in [1.29, 1.82) is 0 Å². The Hall–Kier alpha value is -1.94. The highest BCUT2D eigenvalue weighted by Crippen LogP contribution is 2.45. The van der Waals surface area contributed by atoms with Crippen LogP contribution < -0.4 is 0 Å². The standard InChI is InChI=1S/C75H146O17P2/c1-6-10-13-16-19-22-24-26-28-30-31-32-33-35-37-39-41-44-50-55-60-74(79)91-70(64-86-73(78)59-54-49-43-40-38-36-34-29-27-25-23-20-17-14-11-7-2)66-89-93(81,82)87-62-69(76)63-88-94(83,84)90-67-71(65-85-72(77)58-53-48-42-21-18-15-12-8-3)92-75(80)61-56-51-46-45-47-52-57-68(5)9-4/h68-71,76H,6-67H2,1-5H3,(H,81,82)(H,83,84)/t68?,69-,70-,71-/m1/s1. The van der Waals surface area contributed by atoms with Gasteiger partial charge in [0.2, 0.25) is 0 Å². The number of carbonyl (C=O) groups excluding carboxylic acids is 4. The molecule has 0 aromatic heterocycles. The minimum Gasteiger partial charge on any atom is -0.462 e. The summed E-state index contributed by atoms with van der Waals surface area (Å²) in [6.07, 6.45) is 57.1. The molecule has 0 aromatic carbocycles. The molecule has 0 radical (unpaired) electrons. The van der Waals surface area contributed by atoms with Crippen molar-refractivity contribution in [2.45, 2.75) is 412 Å². The van der Waals surface area contributed by atoms with Gasteiger partial charge in [0.15, 0.2) is 12.2 Å². The topological polar surface area (TPSA) is 237 Å². The molecule has 0 spiro atoms. The largest absolute Gasteiger partial charge is 0.472 e. The number of hydrogen-bond acceptors (Lipinski definition) is 15. The highest BCUT2D eigenvalue weighted by Gasteiger charge is 2.30. The second-order valence-electron chi connectivity index (χ2n) is 27.3. The molecule has 0 aliphatic carbocycles. The minimum absolute atomic E-state index is 0.103. The predicted octanol–water partition coefficient (Wildman–Crippen LogP) is 22.1. The van der Waals surface area contributed by atoms with Gasteiger partial charge in [-0.05, 0) is 31.6 Å². The smallest absolute Gasteiger partial charge is 0.462 e. The minimum atomic E-state index is -4.96. The van der Waals surface area contributed by atoms with Crippen LogP contribution in [-0.2, 0) is 65.4 Å². The van der Waals surface area contributed by atoms with Gasteiger partial charge < -0.3 is 33.8 Å². The molecule has 558 valence electrons. The Kier molecular flexibility index (Phi) is 66.8. The molecule has 19 heteroatoms. The number of phosphoric acid groups is 2. The highest BCUT2D eigenvalue weighted by molar-refractivity contribution is 7.47. The van der Waals surface area contributed by atoms with Gasteiger partial charge in [0.25, 0.3) is 0 Å². The molecular weight excluding hydrogens is 1230 g/mol. The summed E-state index contributed by atoms with van der Waals surface area (Å²) < 4.78 is 68.4. The van der Waals surface area contributed by atoms with E-state index in [1.165, 1.54) is 212 Å². The Labute approximate surface area is 575 Å². The van der Waals surface area contributed by atoms with E-state index in [1.54, 1.807) is 0 Å². The summed E-state index contributed by atoms with van der Waals surface area (Å²) in [5.41, 5.74) is 0. The first-order chi connectivity index (χ1) is 45.6. The van der Waals surface area contributed by atoms with Crippen molar-refractivity contribution in [3.8, 4) is 0 Å². The molecule has 0 aromatic rings. The van der Waals surface area contributed by atoms with Gasteiger partial charge in [0, 0.05) is 25.7 Å². The van der Waals surface area contributed by atoms with E-state index in [9.17, 15) is 43.2 Å². The van der Waals surface area contributed by atoms with Crippen LogP contribution in [0.5, 0.6) is 0 Å². The zero-order valence-corrected chi connectivity index (χ0v) is 62.9. The summed E-state index contributed by atoms with van der Waals surface area (Å²) in [6, 6.07) is 0. The molecule has 17 nitrogen and oxygen atoms in total. The van der Waals surface area contributed by atoms with Crippen LogP contribution >= 0.6 is 15.6 Å². The Morgan fingerprint density at radius 2 is 0.511 bits per heavy atom. The molecule has 0 bridgehead atoms. The molecule has 0 rings (SSSR count). The fraction of sp³-hybridized carbons (Fsp3) is 0.947. The van der Waals surface area contributed by atoms with E-state index >= 15 is 0 Å². The van der Waals surface area contributed by atoms with Gasteiger partial charge in [-0.1, -0.05) is 343 Å². The van der Waals surface area contributed by atoms with Crippen LogP contribution in [0.15, 0.2) is 0 Å². The van der Waals surface area contributed by atoms with Crippen molar-refractivity contribution in [1.82, 2.24) is 0 Å². The number of aliphatic hydroxyl groups is 1. The lowest BCUT2D eigenvalue weighted by molar-refractivity contribution is -0.161. The van der Waals surface area contributed by atoms with Gasteiger partial charge in [-0.25, -0.2) is 9.13 Å². The van der Waals surface area contributed by atoms with Crippen LogP contribution in [0.1, 0.15) is 394 Å². The van der Waals surface area contributed by atoms with Crippen molar-refractivity contribution in [2.75, 3.05) is 39.6 Å². The van der Waals surface area contributed by atoms with Gasteiger partial charge >= 0.3 is 39.5 Å². The van der Waals surface area contributed by atoms with Crippen LogP contribution in [0.25, 0.3) is 0 Å². The number of ether oxygens (including phenoxy) is 4. The fourth-order valence-electron chi connectivity index (χ4n) is 11.5. The zero-order valence-electron chi connectivity index (χ0n) is 61.1. The molecule has 0 saturated heterocycles. The summed E-state index contributed by atoms with van der Waals surface area (Å²) >= 11 is 0. The van der Waals surface area contributed by atoms with E-state index in [-0.39, 0.29) is 25.7 Å². The molecular formula is C75H146O17P2. The van der Waals surface area contributed by atoms with Gasteiger partial charge in [0.1, 0.15) is 19.3 Å². The van der Waals surface area contributed by atoms with Crippen molar-refractivity contribution in [3.05, 3.63) is 0 Å². The highest BCUT2D eigenvalue weighted by atomic mass is 31.2. The SMILES string of the molecule is CCCCCCCCCCCCCCCCCCCCCCC(=O)O[C@H](COC(=O)CCCCCCCCCCCCCCCCCC)COP(=O)(O)OC[C@@H](O)COP(=O)(O)OC[C@@H](COC(=O)CCCCCCCCCC)OC(=O)CCCCCCCCC(C)CC. The van der Waals surface area contributed by atoms with E-state index in [2.05, 4.69) is 34.6 Å². The van der Waals surface area contributed by atoms with Crippen LogP contribution in [0.4, 0.5) is 0 Å². The molecule has 3 N–H and O–H groups in total. The molecule has 0 fully saturated rings. The number of carbonyl (C=O) groups is 4. The second-order valence-corrected chi connectivity index (χ2v) is 30.2. The van der Waals surface area contributed by atoms with E-state index in [1.807, 2.05) is 0 Å². The van der Waals surface area contributed by atoms with Gasteiger partial charge in [0.05, 0.1) is 26.4 Å². The van der Waals surface area contributed by atoms with Crippen LogP contribution in [0.2, 0.25) is 0 Å². The average Bonchev–Trinajstić information content (AvgIpc) is 1.95. The lowest BCUT2D eigenvalue weighted by Crippen LogP contribution is -2.30. The Balaban J connectivity index is 5.18. The number of rotatable bonds is 75. The normalized spacial score (nSPS) is 14.3. The van der Waals surface area contributed by atoms with E-state index < -0.39 is 97.5 Å². The summed E-state index contributed by atoms with van der Waals surface area (Å²) in [5.74, 6) is -1.40. The summed E-state index contributed by atoms with van der Waals surface area (Å²) in [4.78, 5) is 72.6. The zero-order chi connectivity index (χ0) is 69.1. The Bertz CT molecular complexity index is 1810. The summed E-state index contributed by atoms with van der Waals surface area (Å²) in [7, 11) is -9.90. The number of esters is 4. The third-order valence-corrected chi connectivity index (χ3v) is 19.8. The Morgan fingerprint density at radius 3 is 0.755 bits per heavy atom. The van der Waals surface area contributed by atoms with Gasteiger partial charge in [-0.3, -0.25) is 37.3 Å². The van der Waals surface area contributed by atoms with Crippen LogP contribution in [0.3, 0.4) is 0 Å². The quantitative estimate of drug-likeness (QED) is 0.0222. The maximum Gasteiger partial charge on any atom is 0.472 e. The molecule has 0 amide bonds. The number of aliphatic hydroxyl groups excluding tert-OH is 1. The number of hydrogen-bond donors (Lipinski definition) is 3. The summed E-state index contributed by atoms with van der Waals surface area (Å²) in [5, 5.41) is 10.6. The molecule has 0 aliphatic heterocycles.